The highest BCUT2D eigenvalue weighted by Gasteiger charge is 2.09. The van der Waals surface area contributed by atoms with Crippen LogP contribution in [0.25, 0.3) is 0 Å². The van der Waals surface area contributed by atoms with E-state index in [1.165, 1.54) is 0 Å². The molecule has 0 aliphatic rings. The van der Waals surface area contributed by atoms with Crippen LogP contribution in [0.5, 0.6) is 0 Å². The van der Waals surface area contributed by atoms with E-state index in [2.05, 4.69) is 5.32 Å². The molecule has 0 saturated carbocycles. The SMILES string of the molecule is CCNC(C)CC(=O)OCc1ccccc1Cl. The summed E-state index contributed by atoms with van der Waals surface area (Å²) in [4.78, 5) is 11.5. The lowest BCUT2D eigenvalue weighted by molar-refractivity contribution is -0.145. The average molecular weight is 256 g/mol. The van der Waals surface area contributed by atoms with Gasteiger partial charge in [0.15, 0.2) is 0 Å². The molecule has 0 bridgehead atoms. The second kappa shape index (κ2) is 7.30. The fraction of sp³-hybridized carbons (Fsp3) is 0.462. The molecule has 0 fully saturated rings. The van der Waals surface area contributed by atoms with E-state index >= 15 is 0 Å². The van der Waals surface area contributed by atoms with Crippen molar-refractivity contribution in [1.82, 2.24) is 5.32 Å². The van der Waals surface area contributed by atoms with Crippen molar-refractivity contribution in [2.24, 2.45) is 0 Å². The molecule has 0 heterocycles. The lowest BCUT2D eigenvalue weighted by Crippen LogP contribution is -2.28. The molecule has 1 N–H and O–H groups in total. The fourth-order valence-corrected chi connectivity index (χ4v) is 1.69. The number of ether oxygens (including phenoxy) is 1. The normalized spacial score (nSPS) is 12.2. The molecular weight excluding hydrogens is 238 g/mol. The third kappa shape index (κ3) is 5.20. The number of halogens is 1. The van der Waals surface area contributed by atoms with E-state index in [-0.39, 0.29) is 18.6 Å². The first-order chi connectivity index (χ1) is 8.13. The summed E-state index contributed by atoms with van der Waals surface area (Å²) in [5, 5.41) is 3.78. The first-order valence-electron chi connectivity index (χ1n) is 5.76. The Kier molecular flexibility index (Phi) is 6.01. The van der Waals surface area contributed by atoms with Gasteiger partial charge < -0.3 is 10.1 Å². The molecule has 1 rings (SSSR count). The molecule has 3 nitrogen and oxygen atoms in total. The maximum Gasteiger partial charge on any atom is 0.307 e. The highest BCUT2D eigenvalue weighted by Crippen LogP contribution is 2.15. The molecule has 0 radical (unpaired) electrons. The van der Waals surface area contributed by atoms with Crippen LogP contribution < -0.4 is 5.32 Å². The number of nitrogens with one attached hydrogen (secondary N) is 1. The van der Waals surface area contributed by atoms with Gasteiger partial charge in [0.25, 0.3) is 0 Å². The molecular formula is C13H18ClNO2. The Morgan fingerprint density at radius 3 is 2.82 bits per heavy atom. The lowest BCUT2D eigenvalue weighted by Gasteiger charge is -2.11. The van der Waals surface area contributed by atoms with Gasteiger partial charge in [-0.25, -0.2) is 0 Å². The van der Waals surface area contributed by atoms with E-state index in [1.54, 1.807) is 6.07 Å². The lowest BCUT2D eigenvalue weighted by atomic mass is 10.2. The minimum Gasteiger partial charge on any atom is -0.461 e. The Morgan fingerprint density at radius 2 is 2.18 bits per heavy atom. The standard InChI is InChI=1S/C13H18ClNO2/c1-3-15-10(2)8-13(16)17-9-11-6-4-5-7-12(11)14/h4-7,10,15H,3,8-9H2,1-2H3. The summed E-state index contributed by atoms with van der Waals surface area (Å²) >= 11 is 5.96. The third-order valence-electron chi connectivity index (χ3n) is 2.37. The Labute approximate surface area is 107 Å². The first kappa shape index (κ1) is 14.0. The molecule has 0 saturated heterocycles. The Hall–Kier alpha value is -1.06. The molecule has 0 amide bonds. The van der Waals surface area contributed by atoms with Crippen LogP contribution in [0.15, 0.2) is 24.3 Å². The van der Waals surface area contributed by atoms with E-state index in [4.69, 9.17) is 16.3 Å². The monoisotopic (exact) mass is 255 g/mol. The second-order valence-electron chi connectivity index (χ2n) is 3.91. The summed E-state index contributed by atoms with van der Waals surface area (Å²) in [6.45, 7) is 5.04. The van der Waals surface area contributed by atoms with Crippen molar-refractivity contribution in [3.63, 3.8) is 0 Å². The fourth-order valence-electron chi connectivity index (χ4n) is 1.50. The molecule has 1 unspecified atom stereocenters. The average Bonchev–Trinajstić information content (AvgIpc) is 2.28. The second-order valence-corrected chi connectivity index (χ2v) is 4.32. The zero-order valence-electron chi connectivity index (χ0n) is 10.2. The number of rotatable bonds is 6. The van der Waals surface area contributed by atoms with Crippen molar-refractivity contribution in [2.45, 2.75) is 32.9 Å². The van der Waals surface area contributed by atoms with Gasteiger partial charge in [0.1, 0.15) is 6.61 Å². The van der Waals surface area contributed by atoms with Crippen LogP contribution >= 0.6 is 11.6 Å². The zero-order valence-corrected chi connectivity index (χ0v) is 11.0. The third-order valence-corrected chi connectivity index (χ3v) is 2.74. The minimum absolute atomic E-state index is 0.138. The Balaban J connectivity index is 2.36. The van der Waals surface area contributed by atoms with E-state index in [9.17, 15) is 4.79 Å². The number of carbonyl (C=O) groups excluding carboxylic acids is 1. The van der Waals surface area contributed by atoms with Crippen molar-refractivity contribution in [3.05, 3.63) is 34.9 Å². The Bertz CT molecular complexity index is 368. The number of hydrogen-bond donors (Lipinski definition) is 1. The summed E-state index contributed by atoms with van der Waals surface area (Å²) in [5.41, 5.74) is 0.832. The number of esters is 1. The largest absolute Gasteiger partial charge is 0.461 e. The van der Waals surface area contributed by atoms with Gasteiger partial charge in [0.05, 0.1) is 6.42 Å². The molecule has 1 aromatic carbocycles. The summed E-state index contributed by atoms with van der Waals surface area (Å²) in [5.74, 6) is -0.210. The summed E-state index contributed by atoms with van der Waals surface area (Å²) in [7, 11) is 0. The van der Waals surface area contributed by atoms with E-state index in [1.807, 2.05) is 32.0 Å². The predicted molar refractivity (Wildman–Crippen MR) is 69.0 cm³/mol. The Morgan fingerprint density at radius 1 is 1.47 bits per heavy atom. The van der Waals surface area contributed by atoms with Gasteiger partial charge in [-0.3, -0.25) is 4.79 Å². The molecule has 0 spiro atoms. The van der Waals surface area contributed by atoms with Crippen molar-refractivity contribution in [2.75, 3.05) is 6.54 Å². The molecule has 94 valence electrons. The van der Waals surface area contributed by atoms with Gasteiger partial charge in [-0.15, -0.1) is 0 Å². The minimum atomic E-state index is -0.210. The number of carbonyl (C=O) groups is 1. The molecule has 17 heavy (non-hydrogen) atoms. The van der Waals surface area contributed by atoms with Gasteiger partial charge in [-0.2, -0.15) is 0 Å². The quantitative estimate of drug-likeness (QED) is 0.795. The van der Waals surface area contributed by atoms with Crippen LogP contribution in [0.2, 0.25) is 5.02 Å². The molecule has 1 aromatic rings. The predicted octanol–water partition coefficient (Wildman–Crippen LogP) is 2.77. The van der Waals surface area contributed by atoms with Crippen LogP contribution in [0.1, 0.15) is 25.8 Å². The molecule has 0 aliphatic heterocycles. The maximum absolute atomic E-state index is 11.5. The topological polar surface area (TPSA) is 38.3 Å². The highest BCUT2D eigenvalue weighted by atomic mass is 35.5. The van der Waals surface area contributed by atoms with Crippen LogP contribution in [0, 0.1) is 0 Å². The van der Waals surface area contributed by atoms with Gasteiger partial charge in [0.2, 0.25) is 0 Å². The maximum atomic E-state index is 11.5. The first-order valence-corrected chi connectivity index (χ1v) is 6.13. The van der Waals surface area contributed by atoms with Crippen molar-refractivity contribution < 1.29 is 9.53 Å². The van der Waals surface area contributed by atoms with Gasteiger partial charge in [-0.05, 0) is 19.5 Å². The molecule has 0 aliphatic carbocycles. The van der Waals surface area contributed by atoms with Gasteiger partial charge in [-0.1, -0.05) is 36.7 Å². The van der Waals surface area contributed by atoms with Crippen LogP contribution in [-0.4, -0.2) is 18.6 Å². The van der Waals surface area contributed by atoms with Crippen LogP contribution in [0.4, 0.5) is 0 Å². The van der Waals surface area contributed by atoms with E-state index in [0.717, 1.165) is 12.1 Å². The molecule has 0 aromatic heterocycles. The van der Waals surface area contributed by atoms with E-state index < -0.39 is 0 Å². The molecule has 4 heteroatoms. The summed E-state index contributed by atoms with van der Waals surface area (Å²) < 4.78 is 5.16. The highest BCUT2D eigenvalue weighted by molar-refractivity contribution is 6.31. The van der Waals surface area contributed by atoms with E-state index in [0.29, 0.717) is 11.4 Å². The number of hydrogen-bond acceptors (Lipinski definition) is 3. The van der Waals surface area contributed by atoms with Crippen LogP contribution in [0.3, 0.4) is 0 Å². The van der Waals surface area contributed by atoms with Crippen LogP contribution in [-0.2, 0) is 16.1 Å². The van der Waals surface area contributed by atoms with Gasteiger partial charge >= 0.3 is 5.97 Å². The van der Waals surface area contributed by atoms with Crippen molar-refractivity contribution in [1.29, 1.82) is 0 Å². The summed E-state index contributed by atoms with van der Waals surface area (Å²) in [6.07, 6.45) is 0.373. The summed E-state index contributed by atoms with van der Waals surface area (Å²) in [6, 6.07) is 7.49. The smallest absolute Gasteiger partial charge is 0.307 e. The zero-order chi connectivity index (χ0) is 12.7. The van der Waals surface area contributed by atoms with Crippen molar-refractivity contribution in [3.8, 4) is 0 Å². The molecule has 1 atom stereocenters. The number of benzene rings is 1. The van der Waals surface area contributed by atoms with Crippen molar-refractivity contribution >= 4 is 17.6 Å². The van der Waals surface area contributed by atoms with Gasteiger partial charge in [0, 0.05) is 16.6 Å².